The molecule has 1 aromatic rings. The topological polar surface area (TPSA) is 54.5 Å². The Morgan fingerprint density at radius 1 is 1.24 bits per heavy atom. The molecule has 0 aromatic heterocycles. The second-order valence-corrected chi connectivity index (χ2v) is 6.62. The molecule has 0 saturated carbocycles. The standard InChI is InChI=1S/C13H14F3NO3S/c1-8(9(2)18)10-6-5-7-11(12(10)13(14,15)16)21(19,20)17(3)4/h5-7H,1H2,2-4H3. The average Bonchev–Trinajstić information content (AvgIpc) is 2.35. The Morgan fingerprint density at radius 3 is 2.14 bits per heavy atom. The van der Waals surface area contributed by atoms with Crippen LogP contribution in [0, 0.1) is 0 Å². The lowest BCUT2D eigenvalue weighted by molar-refractivity contribution is -0.140. The summed E-state index contributed by atoms with van der Waals surface area (Å²) in [4.78, 5) is 10.4. The lowest BCUT2D eigenvalue weighted by atomic mass is 9.98. The highest BCUT2D eigenvalue weighted by Crippen LogP contribution is 2.39. The Bertz CT molecular complexity index is 691. The number of hydrogen-bond donors (Lipinski definition) is 0. The van der Waals surface area contributed by atoms with Gasteiger partial charge in [-0.05, 0) is 18.6 Å². The highest BCUT2D eigenvalue weighted by atomic mass is 32.2. The van der Waals surface area contributed by atoms with Crippen molar-refractivity contribution in [2.45, 2.75) is 18.0 Å². The molecule has 0 radical (unpaired) electrons. The van der Waals surface area contributed by atoms with Crippen molar-refractivity contribution in [3.63, 3.8) is 0 Å². The molecule has 4 nitrogen and oxygen atoms in total. The van der Waals surface area contributed by atoms with Gasteiger partial charge in [-0.3, -0.25) is 4.79 Å². The van der Waals surface area contributed by atoms with E-state index < -0.39 is 43.6 Å². The number of sulfonamides is 1. The quantitative estimate of drug-likeness (QED) is 0.801. The Balaban J connectivity index is 3.82. The van der Waals surface area contributed by atoms with Crippen molar-refractivity contribution < 1.29 is 26.4 Å². The zero-order valence-electron chi connectivity index (χ0n) is 11.7. The number of carbonyl (C=O) groups excluding carboxylic acids is 1. The predicted molar refractivity (Wildman–Crippen MR) is 72.0 cm³/mol. The van der Waals surface area contributed by atoms with Crippen LogP contribution in [-0.2, 0) is 21.0 Å². The lowest BCUT2D eigenvalue weighted by Crippen LogP contribution is -2.26. The van der Waals surface area contributed by atoms with Gasteiger partial charge in [-0.2, -0.15) is 13.2 Å². The first kappa shape index (κ1) is 17.4. The van der Waals surface area contributed by atoms with Crippen LogP contribution in [0.1, 0.15) is 18.1 Å². The highest BCUT2D eigenvalue weighted by molar-refractivity contribution is 7.89. The minimum Gasteiger partial charge on any atom is -0.295 e. The molecule has 0 fully saturated rings. The van der Waals surface area contributed by atoms with Gasteiger partial charge in [-0.15, -0.1) is 0 Å². The van der Waals surface area contributed by atoms with Crippen LogP contribution in [0.5, 0.6) is 0 Å². The minimum absolute atomic E-state index is 0.391. The summed E-state index contributed by atoms with van der Waals surface area (Å²) in [7, 11) is -2.06. The number of halogens is 3. The Hall–Kier alpha value is -1.67. The Labute approximate surface area is 120 Å². The molecule has 0 aliphatic heterocycles. The molecular formula is C13H14F3NO3S. The molecule has 0 aliphatic rings. The summed E-state index contributed by atoms with van der Waals surface area (Å²) >= 11 is 0. The average molecular weight is 321 g/mol. The number of Topliss-reactive ketones (excluding diaryl/α,β-unsaturated/α-hetero) is 1. The Morgan fingerprint density at radius 2 is 1.76 bits per heavy atom. The van der Waals surface area contributed by atoms with Crippen LogP contribution < -0.4 is 0 Å². The predicted octanol–water partition coefficient (Wildman–Crippen LogP) is 2.56. The van der Waals surface area contributed by atoms with Gasteiger partial charge in [0.05, 0.1) is 10.5 Å². The van der Waals surface area contributed by atoms with E-state index in [0.29, 0.717) is 4.31 Å². The van der Waals surface area contributed by atoms with Gasteiger partial charge in [0.2, 0.25) is 10.0 Å². The van der Waals surface area contributed by atoms with Crippen LogP contribution >= 0.6 is 0 Å². The van der Waals surface area contributed by atoms with Crippen LogP contribution in [0.2, 0.25) is 0 Å². The van der Waals surface area contributed by atoms with E-state index in [1.54, 1.807) is 0 Å². The van der Waals surface area contributed by atoms with Gasteiger partial charge < -0.3 is 0 Å². The smallest absolute Gasteiger partial charge is 0.295 e. The molecule has 21 heavy (non-hydrogen) atoms. The first-order chi connectivity index (χ1) is 9.40. The van der Waals surface area contributed by atoms with Crippen LogP contribution in [0.25, 0.3) is 5.57 Å². The second-order valence-electron chi connectivity index (χ2n) is 4.50. The SMILES string of the molecule is C=C(C(C)=O)c1cccc(S(=O)(=O)N(C)C)c1C(F)(F)F. The minimum atomic E-state index is -4.94. The van der Waals surface area contributed by atoms with E-state index in [1.807, 2.05) is 0 Å². The normalized spacial score (nSPS) is 12.5. The first-order valence-electron chi connectivity index (χ1n) is 5.73. The summed E-state index contributed by atoms with van der Waals surface area (Å²) in [5.74, 6) is -0.667. The number of allylic oxidation sites excluding steroid dienone is 1. The van der Waals surface area contributed by atoms with E-state index in [2.05, 4.69) is 6.58 Å². The summed E-state index contributed by atoms with van der Waals surface area (Å²) in [6, 6.07) is 3.03. The molecule has 8 heteroatoms. The molecule has 1 aromatic carbocycles. The van der Waals surface area contributed by atoms with Crippen LogP contribution in [0.15, 0.2) is 29.7 Å². The van der Waals surface area contributed by atoms with Gasteiger partial charge in [-0.25, -0.2) is 12.7 Å². The molecule has 116 valence electrons. The zero-order chi connectivity index (χ0) is 16.6. The maximum absolute atomic E-state index is 13.3. The molecule has 0 unspecified atom stereocenters. The molecule has 0 N–H and O–H groups in total. The summed E-state index contributed by atoms with van der Waals surface area (Å²) < 4.78 is 64.7. The van der Waals surface area contributed by atoms with Crippen molar-refractivity contribution in [2.24, 2.45) is 0 Å². The van der Waals surface area contributed by atoms with Crippen molar-refractivity contribution >= 4 is 21.4 Å². The molecule has 0 bridgehead atoms. The molecule has 0 saturated heterocycles. The third kappa shape index (κ3) is 3.33. The van der Waals surface area contributed by atoms with Gasteiger partial charge in [-0.1, -0.05) is 18.7 Å². The van der Waals surface area contributed by atoms with Crippen molar-refractivity contribution in [3.8, 4) is 0 Å². The van der Waals surface area contributed by atoms with Gasteiger partial charge in [0.25, 0.3) is 0 Å². The number of carbonyl (C=O) groups is 1. The largest absolute Gasteiger partial charge is 0.418 e. The second kappa shape index (κ2) is 5.61. The molecule has 0 atom stereocenters. The Kier molecular flexibility index (Phi) is 4.64. The maximum Gasteiger partial charge on any atom is 0.418 e. The fourth-order valence-corrected chi connectivity index (χ4v) is 2.80. The van der Waals surface area contributed by atoms with E-state index in [1.165, 1.54) is 0 Å². The molecule has 1 rings (SSSR count). The number of rotatable bonds is 4. The van der Waals surface area contributed by atoms with Crippen molar-refractivity contribution in [1.82, 2.24) is 4.31 Å². The highest BCUT2D eigenvalue weighted by Gasteiger charge is 2.40. The van der Waals surface area contributed by atoms with Crippen molar-refractivity contribution in [1.29, 1.82) is 0 Å². The third-order valence-corrected chi connectivity index (χ3v) is 4.68. The molecule has 0 amide bonds. The molecule has 0 spiro atoms. The zero-order valence-corrected chi connectivity index (χ0v) is 12.5. The molecule has 0 aliphatic carbocycles. The molecule has 0 heterocycles. The third-order valence-electron chi connectivity index (χ3n) is 2.82. The fourth-order valence-electron chi connectivity index (χ4n) is 1.68. The van der Waals surface area contributed by atoms with E-state index in [0.717, 1.165) is 39.2 Å². The number of alkyl halides is 3. The summed E-state index contributed by atoms with van der Waals surface area (Å²) in [5.41, 5.74) is -2.30. The van der Waals surface area contributed by atoms with E-state index >= 15 is 0 Å². The van der Waals surface area contributed by atoms with Gasteiger partial charge >= 0.3 is 6.18 Å². The summed E-state index contributed by atoms with van der Waals surface area (Å²) in [6.07, 6.45) is -4.94. The maximum atomic E-state index is 13.3. The van der Waals surface area contributed by atoms with Gasteiger partial charge in [0, 0.05) is 19.7 Å². The summed E-state index contributed by atoms with van der Waals surface area (Å²) in [5, 5.41) is 0. The van der Waals surface area contributed by atoms with E-state index in [4.69, 9.17) is 0 Å². The lowest BCUT2D eigenvalue weighted by Gasteiger charge is -2.20. The monoisotopic (exact) mass is 321 g/mol. The van der Waals surface area contributed by atoms with Gasteiger partial charge in [0.1, 0.15) is 0 Å². The fraction of sp³-hybridized carbons (Fsp3) is 0.308. The first-order valence-corrected chi connectivity index (χ1v) is 7.17. The van der Waals surface area contributed by atoms with Gasteiger partial charge in [0.15, 0.2) is 5.78 Å². The van der Waals surface area contributed by atoms with Crippen LogP contribution in [-0.4, -0.2) is 32.6 Å². The number of hydrogen-bond acceptors (Lipinski definition) is 3. The molecular weight excluding hydrogens is 307 g/mol. The van der Waals surface area contributed by atoms with Crippen LogP contribution in [0.4, 0.5) is 13.2 Å². The number of ketones is 1. The number of nitrogens with zero attached hydrogens (tertiary/aromatic N) is 1. The van der Waals surface area contributed by atoms with Crippen molar-refractivity contribution in [2.75, 3.05) is 14.1 Å². The van der Waals surface area contributed by atoms with E-state index in [-0.39, 0.29) is 0 Å². The van der Waals surface area contributed by atoms with E-state index in [9.17, 15) is 26.4 Å². The van der Waals surface area contributed by atoms with Crippen molar-refractivity contribution in [3.05, 3.63) is 35.9 Å². The number of benzene rings is 1. The summed E-state index contributed by atoms with van der Waals surface area (Å²) in [6.45, 7) is 4.37. The van der Waals surface area contributed by atoms with Crippen LogP contribution in [0.3, 0.4) is 0 Å².